The summed E-state index contributed by atoms with van der Waals surface area (Å²) in [5.74, 6) is 0.437. The lowest BCUT2D eigenvalue weighted by atomic mass is 10.2. The Morgan fingerprint density at radius 3 is 2.46 bits per heavy atom. The molecule has 1 aromatic heterocycles. The van der Waals surface area contributed by atoms with Crippen molar-refractivity contribution in [1.82, 2.24) is 19.7 Å². The zero-order valence-electron chi connectivity index (χ0n) is 15.7. The minimum Gasteiger partial charge on any atom is -0.437 e. The van der Waals surface area contributed by atoms with Gasteiger partial charge in [-0.1, -0.05) is 12.1 Å². The maximum Gasteiger partial charge on any atom is 0.246 e. The number of piperazine rings is 1. The summed E-state index contributed by atoms with van der Waals surface area (Å²) >= 11 is 0. The van der Waals surface area contributed by atoms with Gasteiger partial charge in [-0.05, 0) is 12.1 Å². The number of hydrogen-bond acceptors (Lipinski definition) is 6. The van der Waals surface area contributed by atoms with Gasteiger partial charge in [0.05, 0.1) is 19.8 Å². The largest absolute Gasteiger partial charge is 0.437 e. The highest BCUT2D eigenvalue weighted by molar-refractivity contribution is 5.91. The van der Waals surface area contributed by atoms with E-state index in [1.54, 1.807) is 11.0 Å². The maximum atomic E-state index is 12.4. The fourth-order valence-electron chi connectivity index (χ4n) is 3.44. The molecule has 148 valence electrons. The van der Waals surface area contributed by atoms with Crippen molar-refractivity contribution in [2.24, 2.45) is 0 Å². The predicted octanol–water partition coefficient (Wildman–Crippen LogP) is 0.844. The molecule has 8 heteroatoms. The first-order chi connectivity index (χ1) is 13.7. The molecule has 0 bridgehead atoms. The van der Waals surface area contributed by atoms with E-state index < -0.39 is 0 Å². The Bertz CT molecular complexity index is 831. The molecule has 2 saturated heterocycles. The SMILES string of the molecule is O=C(/C=C/c1nc2ccccc2o1)N1CCN(C(=O)CN2CCOCC2)CC1. The molecule has 0 aliphatic carbocycles. The number of oxazole rings is 1. The van der Waals surface area contributed by atoms with Crippen molar-refractivity contribution < 1.29 is 18.7 Å². The van der Waals surface area contributed by atoms with Gasteiger partial charge >= 0.3 is 0 Å². The van der Waals surface area contributed by atoms with Gasteiger partial charge in [0.15, 0.2) is 5.58 Å². The third-order valence-corrected chi connectivity index (χ3v) is 5.09. The molecule has 0 saturated carbocycles. The second-order valence-electron chi connectivity index (χ2n) is 6.95. The van der Waals surface area contributed by atoms with Gasteiger partial charge in [0.2, 0.25) is 17.7 Å². The van der Waals surface area contributed by atoms with E-state index in [-0.39, 0.29) is 11.8 Å². The van der Waals surface area contributed by atoms with Crippen molar-refractivity contribution in [3.8, 4) is 0 Å². The molecular weight excluding hydrogens is 360 g/mol. The number of rotatable bonds is 4. The van der Waals surface area contributed by atoms with E-state index in [2.05, 4.69) is 9.88 Å². The number of hydrogen-bond donors (Lipinski definition) is 0. The quantitative estimate of drug-likeness (QED) is 0.727. The number of fused-ring (bicyclic) bond motifs is 1. The summed E-state index contributed by atoms with van der Waals surface area (Å²) in [5.41, 5.74) is 1.46. The summed E-state index contributed by atoms with van der Waals surface area (Å²) in [7, 11) is 0. The Hall–Kier alpha value is -2.71. The Morgan fingerprint density at radius 2 is 1.71 bits per heavy atom. The molecule has 1 aromatic carbocycles. The second-order valence-corrected chi connectivity index (χ2v) is 6.95. The molecular formula is C20H24N4O4. The van der Waals surface area contributed by atoms with Crippen LogP contribution in [0.3, 0.4) is 0 Å². The summed E-state index contributed by atoms with van der Waals surface area (Å²) in [5, 5.41) is 0. The van der Waals surface area contributed by atoms with Crippen LogP contribution >= 0.6 is 0 Å². The van der Waals surface area contributed by atoms with Crippen LogP contribution in [0.25, 0.3) is 17.2 Å². The van der Waals surface area contributed by atoms with E-state index in [4.69, 9.17) is 9.15 Å². The van der Waals surface area contributed by atoms with Crippen LogP contribution in [0.5, 0.6) is 0 Å². The van der Waals surface area contributed by atoms with Crippen LogP contribution in [0.1, 0.15) is 5.89 Å². The van der Waals surface area contributed by atoms with Crippen molar-refractivity contribution in [3.05, 3.63) is 36.2 Å². The molecule has 28 heavy (non-hydrogen) atoms. The van der Waals surface area contributed by atoms with Gasteiger partial charge in [0.25, 0.3) is 0 Å². The van der Waals surface area contributed by atoms with Crippen molar-refractivity contribution in [2.45, 2.75) is 0 Å². The minimum atomic E-state index is -0.0949. The van der Waals surface area contributed by atoms with Gasteiger partial charge in [0, 0.05) is 51.4 Å². The lowest BCUT2D eigenvalue weighted by Gasteiger charge is -2.36. The highest BCUT2D eigenvalue weighted by Crippen LogP contribution is 2.15. The lowest BCUT2D eigenvalue weighted by molar-refractivity contribution is -0.138. The normalized spacial score (nSPS) is 18.9. The molecule has 0 atom stereocenters. The summed E-state index contributed by atoms with van der Waals surface area (Å²) in [6.07, 6.45) is 3.08. The zero-order chi connectivity index (χ0) is 19.3. The maximum absolute atomic E-state index is 12.4. The standard InChI is InChI=1S/C20H24N4O4/c25-19(6-5-18-21-16-3-1-2-4-17(16)28-18)23-7-9-24(10-8-23)20(26)15-22-11-13-27-14-12-22/h1-6H,7-15H2/b6-5+. The number of ether oxygens (including phenoxy) is 1. The van der Waals surface area contributed by atoms with E-state index >= 15 is 0 Å². The number of carbonyl (C=O) groups excluding carboxylic acids is 2. The van der Waals surface area contributed by atoms with Crippen LogP contribution in [-0.4, -0.2) is 90.5 Å². The summed E-state index contributed by atoms with van der Waals surface area (Å²) < 4.78 is 10.9. The molecule has 2 aliphatic heterocycles. The van der Waals surface area contributed by atoms with E-state index in [1.165, 1.54) is 6.08 Å². The van der Waals surface area contributed by atoms with Gasteiger partial charge in [-0.3, -0.25) is 14.5 Å². The summed E-state index contributed by atoms with van der Waals surface area (Å²) in [4.78, 5) is 34.9. The first-order valence-corrected chi connectivity index (χ1v) is 9.59. The van der Waals surface area contributed by atoms with Crippen molar-refractivity contribution in [1.29, 1.82) is 0 Å². The Labute approximate surface area is 163 Å². The predicted molar refractivity (Wildman–Crippen MR) is 103 cm³/mol. The van der Waals surface area contributed by atoms with Crippen LogP contribution in [0.2, 0.25) is 0 Å². The van der Waals surface area contributed by atoms with Crippen molar-refractivity contribution in [3.63, 3.8) is 0 Å². The molecule has 2 aliphatic rings. The molecule has 8 nitrogen and oxygen atoms in total. The third kappa shape index (κ3) is 4.40. The molecule has 0 spiro atoms. The van der Waals surface area contributed by atoms with E-state index in [9.17, 15) is 9.59 Å². The molecule has 2 aromatic rings. The first-order valence-electron chi connectivity index (χ1n) is 9.59. The molecule has 0 unspecified atom stereocenters. The van der Waals surface area contributed by atoms with Crippen molar-refractivity contribution >= 4 is 29.0 Å². The van der Waals surface area contributed by atoms with Crippen molar-refractivity contribution in [2.75, 3.05) is 59.0 Å². The number of nitrogens with zero attached hydrogens (tertiary/aromatic N) is 4. The van der Waals surface area contributed by atoms with Gasteiger partial charge < -0.3 is 19.0 Å². The van der Waals surface area contributed by atoms with Crippen LogP contribution in [0, 0.1) is 0 Å². The van der Waals surface area contributed by atoms with Gasteiger partial charge in [-0.25, -0.2) is 4.98 Å². The topological polar surface area (TPSA) is 79.1 Å². The molecule has 2 amide bonds. The number of morpholine rings is 1. The summed E-state index contributed by atoms with van der Waals surface area (Å²) in [6.45, 7) is 5.57. The van der Waals surface area contributed by atoms with Crippen LogP contribution < -0.4 is 0 Å². The Balaban J connectivity index is 1.27. The van der Waals surface area contributed by atoms with Crippen LogP contribution in [0.15, 0.2) is 34.8 Å². The molecule has 4 rings (SSSR count). The number of benzene rings is 1. The fourth-order valence-corrected chi connectivity index (χ4v) is 3.44. The zero-order valence-corrected chi connectivity index (χ0v) is 15.7. The average molecular weight is 384 g/mol. The third-order valence-electron chi connectivity index (χ3n) is 5.09. The van der Waals surface area contributed by atoms with Gasteiger partial charge in [-0.2, -0.15) is 0 Å². The molecule has 3 heterocycles. The second kappa shape index (κ2) is 8.53. The van der Waals surface area contributed by atoms with Gasteiger partial charge in [-0.15, -0.1) is 0 Å². The number of aromatic nitrogens is 1. The Kier molecular flexibility index (Phi) is 5.68. The lowest BCUT2D eigenvalue weighted by Crippen LogP contribution is -2.53. The highest BCUT2D eigenvalue weighted by Gasteiger charge is 2.25. The minimum absolute atomic E-state index is 0.0949. The molecule has 2 fully saturated rings. The molecule has 0 radical (unpaired) electrons. The number of amides is 2. The average Bonchev–Trinajstić information content (AvgIpc) is 3.16. The fraction of sp³-hybridized carbons (Fsp3) is 0.450. The van der Waals surface area contributed by atoms with Crippen LogP contribution in [-0.2, 0) is 14.3 Å². The molecule has 0 N–H and O–H groups in total. The number of carbonyl (C=O) groups is 2. The van der Waals surface area contributed by atoms with E-state index in [1.807, 2.05) is 29.2 Å². The number of para-hydroxylation sites is 2. The van der Waals surface area contributed by atoms with E-state index in [0.717, 1.165) is 18.6 Å². The summed E-state index contributed by atoms with van der Waals surface area (Å²) in [6, 6.07) is 7.48. The Morgan fingerprint density at radius 1 is 1.00 bits per heavy atom. The monoisotopic (exact) mass is 384 g/mol. The van der Waals surface area contributed by atoms with Gasteiger partial charge in [0.1, 0.15) is 5.52 Å². The first kappa shape index (κ1) is 18.6. The van der Waals surface area contributed by atoms with E-state index in [0.29, 0.717) is 57.4 Å². The highest BCUT2D eigenvalue weighted by atomic mass is 16.5. The smallest absolute Gasteiger partial charge is 0.246 e. The van der Waals surface area contributed by atoms with Crippen LogP contribution in [0.4, 0.5) is 0 Å².